The Labute approximate surface area is 111 Å². The van der Waals surface area contributed by atoms with Crippen LogP contribution in [0, 0.1) is 6.92 Å². The molecule has 1 aliphatic rings. The van der Waals surface area contributed by atoms with E-state index in [1.54, 1.807) is 6.92 Å². The van der Waals surface area contributed by atoms with Gasteiger partial charge >= 0.3 is 0 Å². The van der Waals surface area contributed by atoms with Crippen LogP contribution in [0.15, 0.2) is 35.1 Å². The lowest BCUT2D eigenvalue weighted by atomic mass is 9.64. The number of anilines is 1. The van der Waals surface area contributed by atoms with Gasteiger partial charge in [-0.25, -0.2) is 4.98 Å². The van der Waals surface area contributed by atoms with Crippen molar-refractivity contribution in [2.45, 2.75) is 31.6 Å². The summed E-state index contributed by atoms with van der Waals surface area (Å²) in [6.07, 6.45) is 3.15. The van der Waals surface area contributed by atoms with Crippen molar-refractivity contribution in [3.05, 3.63) is 57.6 Å². The minimum absolute atomic E-state index is 0.135. The van der Waals surface area contributed by atoms with Crippen molar-refractivity contribution in [2.75, 3.05) is 5.73 Å². The third-order valence-electron chi connectivity index (χ3n) is 4.18. The van der Waals surface area contributed by atoms with Crippen LogP contribution in [0.4, 0.5) is 5.82 Å². The van der Waals surface area contributed by atoms with Crippen LogP contribution in [0.2, 0.25) is 0 Å². The zero-order chi connectivity index (χ0) is 13.5. The molecule has 1 aromatic carbocycles. The van der Waals surface area contributed by atoms with Crippen molar-refractivity contribution in [1.82, 2.24) is 9.97 Å². The molecule has 0 unspecified atom stereocenters. The first kappa shape index (κ1) is 12.0. The Hall–Kier alpha value is -2.10. The second-order valence-electron chi connectivity index (χ2n) is 5.23. The molecule has 1 aromatic heterocycles. The molecule has 0 radical (unpaired) electrons. The van der Waals surface area contributed by atoms with Gasteiger partial charge in [0.15, 0.2) is 0 Å². The van der Waals surface area contributed by atoms with Crippen LogP contribution in [-0.4, -0.2) is 9.97 Å². The second kappa shape index (κ2) is 4.23. The lowest BCUT2D eigenvalue weighted by Crippen LogP contribution is -2.39. The van der Waals surface area contributed by atoms with Crippen LogP contribution in [0.25, 0.3) is 0 Å². The predicted octanol–water partition coefficient (Wildman–Crippen LogP) is 2.13. The van der Waals surface area contributed by atoms with Gasteiger partial charge in [0.05, 0.1) is 11.0 Å². The maximum Gasteiger partial charge on any atom is 0.255 e. The molecule has 3 N–H and O–H groups in total. The number of nitrogen functional groups attached to an aromatic ring is 1. The molecule has 0 aliphatic heterocycles. The quantitative estimate of drug-likeness (QED) is 0.863. The number of nitrogens with one attached hydrogen (secondary N) is 1. The van der Waals surface area contributed by atoms with E-state index in [1.807, 2.05) is 18.2 Å². The highest BCUT2D eigenvalue weighted by atomic mass is 16.1. The third kappa shape index (κ3) is 1.75. The fraction of sp³-hybridized carbons (Fsp3) is 0.333. The van der Waals surface area contributed by atoms with Crippen molar-refractivity contribution in [2.24, 2.45) is 0 Å². The molecule has 0 bridgehead atoms. The highest BCUT2D eigenvalue weighted by molar-refractivity contribution is 5.41. The molecule has 1 aliphatic carbocycles. The van der Waals surface area contributed by atoms with Crippen LogP contribution in [0.3, 0.4) is 0 Å². The van der Waals surface area contributed by atoms with E-state index in [-0.39, 0.29) is 11.0 Å². The zero-order valence-corrected chi connectivity index (χ0v) is 10.9. The Morgan fingerprint density at radius 2 is 1.95 bits per heavy atom. The number of rotatable bonds is 2. The maximum absolute atomic E-state index is 11.9. The lowest BCUT2D eigenvalue weighted by Gasteiger charge is -2.41. The number of hydrogen-bond donors (Lipinski definition) is 2. The van der Waals surface area contributed by atoms with Gasteiger partial charge in [-0.1, -0.05) is 36.8 Å². The Kier molecular flexibility index (Phi) is 2.66. The zero-order valence-electron chi connectivity index (χ0n) is 10.9. The van der Waals surface area contributed by atoms with E-state index < -0.39 is 0 Å². The average Bonchev–Trinajstić information content (AvgIpc) is 2.36. The highest BCUT2D eigenvalue weighted by Crippen LogP contribution is 2.47. The first-order valence-corrected chi connectivity index (χ1v) is 6.56. The van der Waals surface area contributed by atoms with E-state index in [0.29, 0.717) is 17.2 Å². The Morgan fingerprint density at radius 3 is 2.47 bits per heavy atom. The van der Waals surface area contributed by atoms with E-state index in [2.05, 4.69) is 22.1 Å². The number of hydrogen-bond acceptors (Lipinski definition) is 3. The molecular formula is C15H17N3O. The van der Waals surface area contributed by atoms with Crippen molar-refractivity contribution >= 4 is 5.82 Å². The van der Waals surface area contributed by atoms with Gasteiger partial charge in [0.2, 0.25) is 0 Å². The molecule has 1 saturated carbocycles. The summed E-state index contributed by atoms with van der Waals surface area (Å²) in [5.41, 5.74) is 7.24. The van der Waals surface area contributed by atoms with Crippen molar-refractivity contribution in [1.29, 1.82) is 0 Å². The van der Waals surface area contributed by atoms with Gasteiger partial charge in [-0.2, -0.15) is 0 Å². The van der Waals surface area contributed by atoms with Crippen LogP contribution in [0.5, 0.6) is 0 Å². The van der Waals surface area contributed by atoms with Gasteiger partial charge in [-0.15, -0.1) is 0 Å². The number of benzene rings is 1. The molecule has 4 heteroatoms. The topological polar surface area (TPSA) is 71.8 Å². The van der Waals surface area contributed by atoms with Gasteiger partial charge in [-0.3, -0.25) is 4.79 Å². The summed E-state index contributed by atoms with van der Waals surface area (Å²) in [7, 11) is 0. The monoisotopic (exact) mass is 255 g/mol. The molecule has 4 nitrogen and oxygen atoms in total. The molecule has 2 aromatic rings. The van der Waals surface area contributed by atoms with Gasteiger partial charge in [-0.05, 0) is 25.3 Å². The van der Waals surface area contributed by atoms with Crippen LogP contribution >= 0.6 is 0 Å². The van der Waals surface area contributed by atoms with E-state index >= 15 is 0 Å². The smallest absolute Gasteiger partial charge is 0.255 e. The summed E-state index contributed by atoms with van der Waals surface area (Å²) in [6.45, 7) is 1.70. The fourth-order valence-corrected chi connectivity index (χ4v) is 2.73. The van der Waals surface area contributed by atoms with Gasteiger partial charge in [0, 0.05) is 0 Å². The SMILES string of the molecule is Cc1c(N)nc(C2(c3ccccc3)CCC2)[nH]c1=O. The normalized spacial score (nSPS) is 16.9. The maximum atomic E-state index is 11.9. The van der Waals surface area contributed by atoms with Gasteiger partial charge in [0.1, 0.15) is 11.6 Å². The largest absolute Gasteiger partial charge is 0.383 e. The van der Waals surface area contributed by atoms with E-state index in [1.165, 1.54) is 5.56 Å². The molecule has 0 spiro atoms. The molecule has 3 rings (SSSR count). The molecule has 98 valence electrons. The number of nitrogens with zero attached hydrogens (tertiary/aromatic N) is 1. The van der Waals surface area contributed by atoms with E-state index in [9.17, 15) is 4.79 Å². The summed E-state index contributed by atoms with van der Waals surface area (Å²) in [5.74, 6) is 1.04. The summed E-state index contributed by atoms with van der Waals surface area (Å²) in [6, 6.07) is 10.2. The molecule has 1 heterocycles. The number of nitrogens with two attached hydrogens (primary N) is 1. The lowest BCUT2D eigenvalue weighted by molar-refractivity contribution is 0.284. The molecule has 1 fully saturated rings. The van der Waals surface area contributed by atoms with Crippen molar-refractivity contribution in [3.8, 4) is 0 Å². The van der Waals surface area contributed by atoms with Crippen LogP contribution in [0.1, 0.15) is 36.2 Å². The predicted molar refractivity (Wildman–Crippen MR) is 75.1 cm³/mol. The van der Waals surface area contributed by atoms with Crippen molar-refractivity contribution < 1.29 is 0 Å². The minimum Gasteiger partial charge on any atom is -0.383 e. The van der Waals surface area contributed by atoms with E-state index in [4.69, 9.17) is 5.73 Å². The summed E-state index contributed by atoms with van der Waals surface area (Å²) < 4.78 is 0. The first-order chi connectivity index (χ1) is 9.13. The highest BCUT2D eigenvalue weighted by Gasteiger charge is 2.42. The minimum atomic E-state index is -0.164. The van der Waals surface area contributed by atoms with Gasteiger partial charge in [0.25, 0.3) is 5.56 Å². The Morgan fingerprint density at radius 1 is 1.26 bits per heavy atom. The Balaban J connectivity index is 2.16. The molecule has 0 saturated heterocycles. The summed E-state index contributed by atoms with van der Waals surface area (Å²) >= 11 is 0. The molecule has 0 atom stereocenters. The third-order valence-corrected chi connectivity index (χ3v) is 4.18. The van der Waals surface area contributed by atoms with Crippen LogP contribution < -0.4 is 11.3 Å². The Bertz CT molecular complexity index is 657. The van der Waals surface area contributed by atoms with Crippen molar-refractivity contribution in [3.63, 3.8) is 0 Å². The standard InChI is InChI=1S/C15H17N3O/c1-10-12(16)17-14(18-13(10)19)15(8-5-9-15)11-6-3-2-4-7-11/h2-4,6-7H,5,8-9H2,1H3,(H3,16,17,18,19). The number of aromatic nitrogens is 2. The second-order valence-corrected chi connectivity index (χ2v) is 5.23. The average molecular weight is 255 g/mol. The van der Waals surface area contributed by atoms with Gasteiger partial charge < -0.3 is 10.7 Å². The summed E-state index contributed by atoms with van der Waals surface area (Å²) in [5, 5.41) is 0. The molecule has 19 heavy (non-hydrogen) atoms. The first-order valence-electron chi connectivity index (χ1n) is 6.56. The number of H-pyrrole nitrogens is 1. The fourth-order valence-electron chi connectivity index (χ4n) is 2.73. The summed E-state index contributed by atoms with van der Waals surface area (Å²) in [4.78, 5) is 19.2. The molecular weight excluding hydrogens is 238 g/mol. The van der Waals surface area contributed by atoms with Crippen LogP contribution in [-0.2, 0) is 5.41 Å². The molecule has 0 amide bonds. The van der Waals surface area contributed by atoms with E-state index in [0.717, 1.165) is 19.3 Å². The number of aromatic amines is 1.